The van der Waals surface area contributed by atoms with E-state index in [0.29, 0.717) is 11.8 Å². The number of nitrogens with zero attached hydrogens (tertiary/aromatic N) is 3. The van der Waals surface area contributed by atoms with Crippen LogP contribution in [0.4, 0.5) is 11.5 Å². The molecule has 0 unspecified atom stereocenters. The second-order valence-electron chi connectivity index (χ2n) is 7.34. The highest BCUT2D eigenvalue weighted by molar-refractivity contribution is 5.86. The maximum atomic E-state index is 4.90. The number of nitrogens with one attached hydrogen (secondary N) is 1. The Morgan fingerprint density at radius 1 is 0.846 bits per heavy atom. The number of anilines is 2. The van der Waals surface area contributed by atoms with Crippen molar-refractivity contribution in [3.05, 3.63) is 66.1 Å². The lowest BCUT2D eigenvalue weighted by Crippen LogP contribution is -2.06. The van der Waals surface area contributed by atoms with E-state index in [-0.39, 0.29) is 0 Å². The number of benzene rings is 2. The minimum Gasteiger partial charge on any atom is -0.338 e. The largest absolute Gasteiger partial charge is 0.338 e. The summed E-state index contributed by atoms with van der Waals surface area (Å²) < 4.78 is 2.09. The molecule has 132 valence electrons. The van der Waals surface area contributed by atoms with Crippen molar-refractivity contribution in [1.29, 1.82) is 0 Å². The third-order valence-corrected chi connectivity index (χ3v) is 4.87. The molecule has 4 nitrogen and oxygen atoms in total. The van der Waals surface area contributed by atoms with Gasteiger partial charge in [0.2, 0.25) is 0 Å². The molecule has 0 saturated carbocycles. The van der Waals surface area contributed by atoms with Crippen LogP contribution in [0.25, 0.3) is 16.6 Å². The second-order valence-corrected chi connectivity index (χ2v) is 7.34. The van der Waals surface area contributed by atoms with E-state index >= 15 is 0 Å². The van der Waals surface area contributed by atoms with Gasteiger partial charge in [-0.25, -0.2) is 9.97 Å². The summed E-state index contributed by atoms with van der Waals surface area (Å²) in [7, 11) is 0. The third kappa shape index (κ3) is 2.71. The lowest BCUT2D eigenvalue weighted by atomic mass is 9.92. The van der Waals surface area contributed by atoms with Gasteiger partial charge in [-0.05, 0) is 35.1 Å². The van der Waals surface area contributed by atoms with Crippen LogP contribution in [-0.4, -0.2) is 14.4 Å². The zero-order valence-corrected chi connectivity index (χ0v) is 15.7. The predicted molar refractivity (Wildman–Crippen MR) is 108 cm³/mol. The molecule has 0 fully saturated rings. The van der Waals surface area contributed by atoms with Crippen molar-refractivity contribution in [3.8, 4) is 0 Å². The Bertz CT molecular complexity index is 1050. The molecule has 4 heteroatoms. The number of para-hydroxylation sites is 3. The van der Waals surface area contributed by atoms with Crippen molar-refractivity contribution in [2.45, 2.75) is 39.5 Å². The molecule has 2 aromatic carbocycles. The number of imidazole rings is 1. The molecule has 2 heterocycles. The summed E-state index contributed by atoms with van der Waals surface area (Å²) in [4.78, 5) is 9.25. The van der Waals surface area contributed by atoms with Gasteiger partial charge in [0.15, 0.2) is 5.82 Å². The molecule has 0 spiro atoms. The summed E-state index contributed by atoms with van der Waals surface area (Å²) >= 11 is 0. The van der Waals surface area contributed by atoms with Gasteiger partial charge in [-0.2, -0.15) is 0 Å². The number of rotatable bonds is 4. The lowest BCUT2D eigenvalue weighted by Gasteiger charge is -2.21. The first-order chi connectivity index (χ1) is 12.6. The van der Waals surface area contributed by atoms with Gasteiger partial charge in [0.05, 0.1) is 23.6 Å². The first kappa shape index (κ1) is 16.6. The summed E-state index contributed by atoms with van der Waals surface area (Å²) in [6.45, 7) is 8.92. The third-order valence-electron chi connectivity index (χ3n) is 4.87. The summed E-state index contributed by atoms with van der Waals surface area (Å²) in [5.41, 5.74) is 6.79. The average molecular weight is 344 g/mol. The highest BCUT2D eigenvalue weighted by atomic mass is 15.1. The first-order valence-electron chi connectivity index (χ1n) is 9.17. The van der Waals surface area contributed by atoms with E-state index in [4.69, 9.17) is 4.98 Å². The monoisotopic (exact) mass is 344 g/mol. The van der Waals surface area contributed by atoms with Crippen LogP contribution in [0.3, 0.4) is 0 Å². The first-order valence-corrected chi connectivity index (χ1v) is 9.17. The quantitative estimate of drug-likeness (QED) is 0.503. The molecule has 0 atom stereocenters. The lowest BCUT2D eigenvalue weighted by molar-refractivity contribution is 0.838. The Labute approximate surface area is 153 Å². The normalized spacial score (nSPS) is 11.8. The Hall–Kier alpha value is -2.88. The molecule has 1 N–H and O–H groups in total. The molecule has 4 rings (SSSR count). The highest BCUT2D eigenvalue weighted by Crippen LogP contribution is 2.35. The van der Waals surface area contributed by atoms with Crippen molar-refractivity contribution in [2.24, 2.45) is 0 Å². The van der Waals surface area contributed by atoms with E-state index in [9.17, 15) is 0 Å². The van der Waals surface area contributed by atoms with Crippen LogP contribution in [0.5, 0.6) is 0 Å². The van der Waals surface area contributed by atoms with Crippen molar-refractivity contribution in [2.75, 3.05) is 5.32 Å². The molecule has 0 bridgehead atoms. The molecule has 0 aliphatic heterocycles. The number of hydrogen-bond donors (Lipinski definition) is 1. The SMILES string of the molecule is CC(C)c1cccc(C(C)C)c1Nc1nc2ccccc2n2cncc12. The zero-order chi connectivity index (χ0) is 18.3. The van der Waals surface area contributed by atoms with Gasteiger partial charge in [-0.1, -0.05) is 58.0 Å². The van der Waals surface area contributed by atoms with Crippen LogP contribution in [-0.2, 0) is 0 Å². The van der Waals surface area contributed by atoms with Crippen molar-refractivity contribution >= 4 is 28.1 Å². The zero-order valence-electron chi connectivity index (χ0n) is 15.7. The maximum Gasteiger partial charge on any atom is 0.157 e. The minimum absolute atomic E-state index is 0.428. The van der Waals surface area contributed by atoms with E-state index in [0.717, 1.165) is 22.4 Å². The van der Waals surface area contributed by atoms with Crippen LogP contribution in [0.1, 0.15) is 50.7 Å². The molecule has 4 aromatic rings. The van der Waals surface area contributed by atoms with Crippen molar-refractivity contribution in [3.63, 3.8) is 0 Å². The summed E-state index contributed by atoms with van der Waals surface area (Å²) in [5.74, 6) is 1.70. The number of fused-ring (bicyclic) bond motifs is 3. The fraction of sp³-hybridized carbons (Fsp3) is 0.273. The summed E-state index contributed by atoms with van der Waals surface area (Å²) in [5, 5.41) is 3.65. The van der Waals surface area contributed by atoms with E-state index in [1.807, 2.05) is 30.7 Å². The topological polar surface area (TPSA) is 42.2 Å². The average Bonchev–Trinajstić information content (AvgIpc) is 3.12. The number of aromatic nitrogens is 3. The second kappa shape index (κ2) is 6.45. The maximum absolute atomic E-state index is 4.90. The van der Waals surface area contributed by atoms with Gasteiger partial charge >= 0.3 is 0 Å². The van der Waals surface area contributed by atoms with Crippen LogP contribution < -0.4 is 5.32 Å². The van der Waals surface area contributed by atoms with Gasteiger partial charge in [0, 0.05) is 5.69 Å². The van der Waals surface area contributed by atoms with E-state index in [1.54, 1.807) is 0 Å². The van der Waals surface area contributed by atoms with Gasteiger partial charge in [0.1, 0.15) is 5.52 Å². The van der Waals surface area contributed by atoms with E-state index in [1.165, 1.54) is 16.8 Å². The Balaban J connectivity index is 1.94. The van der Waals surface area contributed by atoms with Crippen LogP contribution in [0, 0.1) is 0 Å². The smallest absolute Gasteiger partial charge is 0.157 e. The molecular weight excluding hydrogens is 320 g/mol. The molecule has 0 aliphatic rings. The fourth-order valence-electron chi connectivity index (χ4n) is 3.51. The standard InChI is InChI=1S/C22H24N4/c1-14(2)16-8-7-9-17(15(3)4)21(16)25-22-20-12-23-13-26(20)19-11-6-5-10-18(19)24-22/h5-15H,1-4H3,(H,24,25). The fourth-order valence-corrected chi connectivity index (χ4v) is 3.51. The molecule has 0 amide bonds. The van der Waals surface area contributed by atoms with Crippen molar-refractivity contribution in [1.82, 2.24) is 14.4 Å². The van der Waals surface area contributed by atoms with Gasteiger partial charge in [-0.3, -0.25) is 4.40 Å². The van der Waals surface area contributed by atoms with Gasteiger partial charge in [0.25, 0.3) is 0 Å². The minimum atomic E-state index is 0.428. The molecule has 26 heavy (non-hydrogen) atoms. The van der Waals surface area contributed by atoms with Gasteiger partial charge < -0.3 is 5.32 Å². The van der Waals surface area contributed by atoms with Crippen LogP contribution >= 0.6 is 0 Å². The molecule has 2 aromatic heterocycles. The predicted octanol–water partition coefficient (Wildman–Crippen LogP) is 5.87. The Morgan fingerprint density at radius 2 is 1.54 bits per heavy atom. The highest BCUT2D eigenvalue weighted by Gasteiger charge is 2.16. The Morgan fingerprint density at radius 3 is 2.23 bits per heavy atom. The van der Waals surface area contributed by atoms with Gasteiger partial charge in [-0.15, -0.1) is 0 Å². The van der Waals surface area contributed by atoms with E-state index < -0.39 is 0 Å². The van der Waals surface area contributed by atoms with Crippen molar-refractivity contribution < 1.29 is 0 Å². The summed E-state index contributed by atoms with van der Waals surface area (Å²) in [6.07, 6.45) is 3.72. The molecule has 0 saturated heterocycles. The van der Waals surface area contributed by atoms with Crippen LogP contribution in [0.15, 0.2) is 55.0 Å². The summed E-state index contributed by atoms with van der Waals surface area (Å²) in [6, 6.07) is 14.7. The Kier molecular flexibility index (Phi) is 4.11. The number of hydrogen-bond acceptors (Lipinski definition) is 3. The molecule has 0 radical (unpaired) electrons. The molecular formula is C22H24N4. The van der Waals surface area contributed by atoms with Crippen LogP contribution in [0.2, 0.25) is 0 Å². The van der Waals surface area contributed by atoms with E-state index in [2.05, 4.69) is 66.7 Å². The molecule has 0 aliphatic carbocycles.